The minimum Gasteiger partial charge on any atom is -0.469 e. The van der Waals surface area contributed by atoms with Crippen LogP contribution in [0.3, 0.4) is 0 Å². The first kappa shape index (κ1) is 14.6. The molecule has 1 aromatic carbocycles. The van der Waals surface area contributed by atoms with E-state index in [0.29, 0.717) is 33.4 Å². The molecule has 0 fully saturated rings. The van der Waals surface area contributed by atoms with Crippen molar-refractivity contribution in [2.45, 2.75) is 19.3 Å². The van der Waals surface area contributed by atoms with Gasteiger partial charge in [-0.25, -0.2) is 0 Å². The maximum absolute atomic E-state index is 12.5. The van der Waals surface area contributed by atoms with E-state index in [1.54, 1.807) is 24.3 Å². The first-order chi connectivity index (χ1) is 9.60. The fraction of sp³-hybridized carbons (Fsp3) is 0.200. The zero-order valence-corrected chi connectivity index (χ0v) is 12.2. The highest BCUT2D eigenvalue weighted by atomic mass is 35.5. The van der Waals surface area contributed by atoms with E-state index in [4.69, 9.17) is 27.6 Å². The molecule has 0 radical (unpaired) electrons. The number of rotatable bonds is 4. The molecular formula is C15H11Cl2NO2. The zero-order valence-electron chi connectivity index (χ0n) is 10.7. The van der Waals surface area contributed by atoms with E-state index in [1.807, 2.05) is 13.0 Å². The van der Waals surface area contributed by atoms with Gasteiger partial charge in [0.2, 0.25) is 0 Å². The van der Waals surface area contributed by atoms with Gasteiger partial charge in [-0.15, -0.1) is 0 Å². The average Bonchev–Trinajstić information content (AvgIpc) is 2.90. The zero-order chi connectivity index (χ0) is 14.7. The second kappa shape index (κ2) is 6.13. The molecule has 20 heavy (non-hydrogen) atoms. The molecule has 1 heterocycles. The fourth-order valence-corrected chi connectivity index (χ4v) is 2.65. The summed E-state index contributed by atoms with van der Waals surface area (Å²) in [5.74, 6) is -0.842. The van der Waals surface area contributed by atoms with Crippen LogP contribution in [-0.4, -0.2) is 5.78 Å². The van der Waals surface area contributed by atoms with Crippen molar-refractivity contribution in [3.63, 3.8) is 0 Å². The number of ketones is 1. The number of carbonyl (C=O) groups is 1. The lowest BCUT2D eigenvalue weighted by molar-refractivity contribution is 0.0977. The first-order valence-electron chi connectivity index (χ1n) is 6.04. The van der Waals surface area contributed by atoms with Crippen LogP contribution in [0.1, 0.15) is 34.5 Å². The van der Waals surface area contributed by atoms with Crippen molar-refractivity contribution in [2.75, 3.05) is 0 Å². The molecule has 0 amide bonds. The number of hydrogen-bond donors (Lipinski definition) is 0. The number of Topliss-reactive ketones (excluding diaryl/α,β-unsaturated/α-hetero) is 1. The van der Waals surface area contributed by atoms with Crippen molar-refractivity contribution >= 4 is 29.0 Å². The van der Waals surface area contributed by atoms with E-state index in [1.165, 1.54) is 6.26 Å². The van der Waals surface area contributed by atoms with Crippen molar-refractivity contribution in [3.8, 4) is 6.07 Å². The summed E-state index contributed by atoms with van der Waals surface area (Å²) in [7, 11) is 0. The molecule has 1 unspecified atom stereocenters. The number of nitrogens with zero attached hydrogens (tertiary/aromatic N) is 1. The predicted octanol–water partition coefficient (Wildman–Crippen LogP) is 4.64. The van der Waals surface area contributed by atoms with E-state index in [9.17, 15) is 10.1 Å². The Balaban J connectivity index is 2.49. The van der Waals surface area contributed by atoms with Gasteiger partial charge in [-0.2, -0.15) is 5.26 Å². The van der Waals surface area contributed by atoms with E-state index < -0.39 is 5.92 Å². The van der Waals surface area contributed by atoms with Gasteiger partial charge in [0, 0.05) is 22.0 Å². The maximum atomic E-state index is 12.5. The predicted molar refractivity (Wildman–Crippen MR) is 77.2 cm³/mol. The summed E-state index contributed by atoms with van der Waals surface area (Å²) >= 11 is 12.1. The average molecular weight is 308 g/mol. The lowest BCUT2D eigenvalue weighted by Gasteiger charge is -2.12. The van der Waals surface area contributed by atoms with Crippen LogP contribution in [0.5, 0.6) is 0 Å². The van der Waals surface area contributed by atoms with Crippen LogP contribution in [0.25, 0.3) is 0 Å². The third kappa shape index (κ3) is 2.58. The van der Waals surface area contributed by atoms with Gasteiger partial charge in [-0.05, 0) is 18.2 Å². The quantitative estimate of drug-likeness (QED) is 0.773. The molecule has 0 spiro atoms. The van der Waals surface area contributed by atoms with Crippen LogP contribution in [0.15, 0.2) is 34.9 Å². The second-order valence-electron chi connectivity index (χ2n) is 4.17. The largest absolute Gasteiger partial charge is 0.469 e. The molecule has 0 aliphatic rings. The van der Waals surface area contributed by atoms with Crippen LogP contribution in [0, 0.1) is 11.3 Å². The van der Waals surface area contributed by atoms with Crippen molar-refractivity contribution in [1.29, 1.82) is 5.26 Å². The molecule has 5 heteroatoms. The van der Waals surface area contributed by atoms with E-state index in [2.05, 4.69) is 0 Å². The molecule has 1 atom stereocenters. The molecule has 0 aliphatic carbocycles. The Bertz CT molecular complexity index is 665. The minimum absolute atomic E-state index is 0.305. The van der Waals surface area contributed by atoms with Gasteiger partial charge in [0.25, 0.3) is 0 Å². The Morgan fingerprint density at radius 3 is 2.55 bits per heavy atom. The normalized spacial score (nSPS) is 11.9. The van der Waals surface area contributed by atoms with Crippen molar-refractivity contribution in [1.82, 2.24) is 0 Å². The van der Waals surface area contributed by atoms with Gasteiger partial charge >= 0.3 is 0 Å². The summed E-state index contributed by atoms with van der Waals surface area (Å²) in [5, 5.41) is 9.95. The smallest absolute Gasteiger partial charge is 0.188 e. The van der Waals surface area contributed by atoms with Gasteiger partial charge in [0.1, 0.15) is 11.7 Å². The highest BCUT2D eigenvalue weighted by Crippen LogP contribution is 2.34. The highest BCUT2D eigenvalue weighted by Gasteiger charge is 2.28. The molecule has 0 saturated heterocycles. The molecule has 0 N–H and O–H groups in total. The molecule has 2 aromatic rings. The number of hydrogen-bond acceptors (Lipinski definition) is 3. The summed E-state index contributed by atoms with van der Waals surface area (Å²) in [6.07, 6.45) is 2.01. The lowest BCUT2D eigenvalue weighted by Crippen LogP contribution is -2.13. The van der Waals surface area contributed by atoms with E-state index >= 15 is 0 Å². The Morgan fingerprint density at radius 2 is 2.00 bits per heavy atom. The van der Waals surface area contributed by atoms with Crippen LogP contribution < -0.4 is 0 Å². The number of nitriles is 1. The number of aryl methyl sites for hydroxylation is 1. The van der Waals surface area contributed by atoms with Gasteiger partial charge in [-0.1, -0.05) is 36.2 Å². The molecule has 1 aromatic heterocycles. The van der Waals surface area contributed by atoms with Crippen LogP contribution in [0.2, 0.25) is 10.0 Å². The van der Waals surface area contributed by atoms with Crippen molar-refractivity contribution in [3.05, 3.63) is 57.5 Å². The molecule has 102 valence electrons. The Labute approximate surface area is 126 Å². The van der Waals surface area contributed by atoms with Crippen molar-refractivity contribution < 1.29 is 9.21 Å². The molecule has 0 aliphatic heterocycles. The second-order valence-corrected chi connectivity index (χ2v) is 4.99. The Kier molecular flexibility index (Phi) is 4.49. The maximum Gasteiger partial charge on any atom is 0.188 e. The summed E-state index contributed by atoms with van der Waals surface area (Å²) in [4.78, 5) is 12.5. The van der Waals surface area contributed by atoms with Gasteiger partial charge < -0.3 is 4.42 Å². The molecule has 3 nitrogen and oxygen atoms in total. The van der Waals surface area contributed by atoms with Gasteiger partial charge in [0.15, 0.2) is 5.78 Å². The minimum atomic E-state index is -1.04. The molecule has 0 bridgehead atoms. The van der Waals surface area contributed by atoms with Crippen LogP contribution >= 0.6 is 23.2 Å². The van der Waals surface area contributed by atoms with Gasteiger partial charge in [-0.3, -0.25) is 4.79 Å². The molecule has 2 rings (SSSR count). The third-order valence-corrected chi connectivity index (χ3v) is 3.67. The van der Waals surface area contributed by atoms with Crippen LogP contribution in [0.4, 0.5) is 0 Å². The fourth-order valence-electron chi connectivity index (χ4n) is 2.03. The monoisotopic (exact) mass is 307 g/mol. The SMILES string of the molecule is CCc1occc1C(=O)C(C#N)c1c(Cl)cccc1Cl. The Morgan fingerprint density at radius 1 is 1.35 bits per heavy atom. The number of carbonyl (C=O) groups excluding carboxylic acids is 1. The first-order valence-corrected chi connectivity index (χ1v) is 6.79. The van der Waals surface area contributed by atoms with Crippen LogP contribution in [-0.2, 0) is 6.42 Å². The summed E-state index contributed by atoms with van der Waals surface area (Å²) in [6, 6.07) is 8.43. The van der Waals surface area contributed by atoms with E-state index in [0.717, 1.165) is 0 Å². The number of benzene rings is 1. The summed E-state index contributed by atoms with van der Waals surface area (Å²) < 4.78 is 5.23. The number of furan rings is 1. The standard InChI is InChI=1S/C15H11Cl2NO2/c1-2-13-9(6-7-20-13)15(19)10(8-18)14-11(16)4-3-5-12(14)17/h3-7,10H,2H2,1H3. The lowest BCUT2D eigenvalue weighted by atomic mass is 9.91. The third-order valence-electron chi connectivity index (χ3n) is 3.01. The summed E-state index contributed by atoms with van der Waals surface area (Å²) in [5.41, 5.74) is 0.738. The van der Waals surface area contributed by atoms with E-state index in [-0.39, 0.29) is 5.78 Å². The van der Waals surface area contributed by atoms with Crippen molar-refractivity contribution in [2.24, 2.45) is 0 Å². The highest BCUT2D eigenvalue weighted by molar-refractivity contribution is 6.36. The van der Waals surface area contributed by atoms with Gasteiger partial charge in [0.05, 0.1) is 17.9 Å². The Hall–Kier alpha value is -1.76. The number of halogens is 2. The molecule has 0 saturated carbocycles. The molecular weight excluding hydrogens is 297 g/mol. The topological polar surface area (TPSA) is 54.0 Å². The summed E-state index contributed by atoms with van der Waals surface area (Å²) in [6.45, 7) is 1.87.